The number of rotatable bonds is 3. The maximum absolute atomic E-state index is 5.16. The molecule has 0 saturated heterocycles. The molecule has 0 aromatic heterocycles. The van der Waals surface area contributed by atoms with Gasteiger partial charge in [0.2, 0.25) is 0 Å². The molecule has 0 aliphatic carbocycles. The zero-order valence-electron chi connectivity index (χ0n) is 10.5. The number of benzene rings is 1. The number of aryl methyl sites for hydroxylation is 3. The molecule has 2 nitrogen and oxygen atoms in total. The highest BCUT2D eigenvalue weighted by atomic mass is 32.1. The predicted octanol–water partition coefficient (Wildman–Crippen LogP) is 3.04. The van der Waals surface area contributed by atoms with Crippen molar-refractivity contribution in [2.45, 2.75) is 33.6 Å². The summed E-state index contributed by atoms with van der Waals surface area (Å²) >= 11 is 5.16. The third-order valence-corrected chi connectivity index (χ3v) is 2.98. The van der Waals surface area contributed by atoms with E-state index < -0.39 is 0 Å². The summed E-state index contributed by atoms with van der Waals surface area (Å²) in [7, 11) is 1.83. The van der Waals surface area contributed by atoms with Crippen molar-refractivity contribution in [1.29, 1.82) is 0 Å². The zero-order valence-corrected chi connectivity index (χ0v) is 11.3. The van der Waals surface area contributed by atoms with Crippen LogP contribution in [-0.4, -0.2) is 12.2 Å². The van der Waals surface area contributed by atoms with Gasteiger partial charge >= 0.3 is 0 Å². The monoisotopic (exact) mass is 236 g/mol. The molecule has 0 bridgehead atoms. The minimum Gasteiger partial charge on any atom is -0.366 e. The molecule has 1 aromatic carbocycles. The van der Waals surface area contributed by atoms with E-state index in [1.807, 2.05) is 7.05 Å². The molecule has 88 valence electrons. The minimum atomic E-state index is 0.674. The molecule has 0 aliphatic rings. The molecule has 2 N–H and O–H groups in total. The van der Waals surface area contributed by atoms with E-state index in [1.54, 1.807) is 0 Å². The van der Waals surface area contributed by atoms with Gasteiger partial charge in [0.25, 0.3) is 0 Å². The van der Waals surface area contributed by atoms with Gasteiger partial charge in [-0.2, -0.15) is 0 Å². The standard InChI is InChI=1S/C13H20N2S/c1-5-10-7-9(3)8-11(6-2)12(10)15-13(16)14-4/h7-8H,5-6H2,1-4H3,(H2,14,15,16). The van der Waals surface area contributed by atoms with E-state index in [0.29, 0.717) is 5.11 Å². The Morgan fingerprint density at radius 2 is 1.69 bits per heavy atom. The van der Waals surface area contributed by atoms with E-state index >= 15 is 0 Å². The van der Waals surface area contributed by atoms with Crippen LogP contribution in [0.2, 0.25) is 0 Å². The minimum absolute atomic E-state index is 0.674. The number of nitrogens with one attached hydrogen (secondary N) is 2. The van der Waals surface area contributed by atoms with Crippen molar-refractivity contribution < 1.29 is 0 Å². The second-order valence-corrected chi connectivity index (χ2v) is 4.28. The number of anilines is 1. The summed E-state index contributed by atoms with van der Waals surface area (Å²) in [4.78, 5) is 0. The van der Waals surface area contributed by atoms with Crippen LogP contribution in [0.25, 0.3) is 0 Å². The van der Waals surface area contributed by atoms with Crippen LogP contribution in [0.4, 0.5) is 5.69 Å². The molecule has 0 amide bonds. The van der Waals surface area contributed by atoms with E-state index in [0.717, 1.165) is 12.8 Å². The third kappa shape index (κ3) is 2.95. The lowest BCUT2D eigenvalue weighted by atomic mass is 10.00. The highest BCUT2D eigenvalue weighted by molar-refractivity contribution is 7.80. The molecule has 0 fully saturated rings. The van der Waals surface area contributed by atoms with Gasteiger partial charge in [-0.15, -0.1) is 0 Å². The van der Waals surface area contributed by atoms with Crippen LogP contribution < -0.4 is 10.6 Å². The van der Waals surface area contributed by atoms with Gasteiger partial charge in [-0.25, -0.2) is 0 Å². The zero-order chi connectivity index (χ0) is 12.1. The molecule has 0 heterocycles. The SMILES string of the molecule is CCc1cc(C)cc(CC)c1NC(=S)NC. The molecular formula is C13H20N2S. The third-order valence-electron chi connectivity index (χ3n) is 2.67. The van der Waals surface area contributed by atoms with Crippen LogP contribution in [0.1, 0.15) is 30.5 Å². The van der Waals surface area contributed by atoms with Gasteiger partial charge in [-0.05, 0) is 43.1 Å². The number of hydrogen-bond donors (Lipinski definition) is 2. The van der Waals surface area contributed by atoms with Crippen molar-refractivity contribution in [2.75, 3.05) is 12.4 Å². The molecule has 16 heavy (non-hydrogen) atoms. The predicted molar refractivity (Wildman–Crippen MR) is 75.2 cm³/mol. The highest BCUT2D eigenvalue weighted by Crippen LogP contribution is 2.24. The van der Waals surface area contributed by atoms with Crippen molar-refractivity contribution in [2.24, 2.45) is 0 Å². The van der Waals surface area contributed by atoms with Crippen LogP contribution in [0.3, 0.4) is 0 Å². The summed E-state index contributed by atoms with van der Waals surface area (Å²) in [5.41, 5.74) is 5.15. The molecule has 3 heteroatoms. The first kappa shape index (κ1) is 13.0. The average Bonchev–Trinajstić information content (AvgIpc) is 2.30. The van der Waals surface area contributed by atoms with Crippen LogP contribution >= 0.6 is 12.2 Å². The molecule has 1 aromatic rings. The Kier molecular flexibility index (Phi) is 4.74. The van der Waals surface area contributed by atoms with E-state index in [1.165, 1.54) is 22.4 Å². The molecule has 0 spiro atoms. The summed E-state index contributed by atoms with van der Waals surface area (Å²) in [6, 6.07) is 4.44. The van der Waals surface area contributed by atoms with Crippen molar-refractivity contribution in [3.8, 4) is 0 Å². The number of hydrogen-bond acceptors (Lipinski definition) is 1. The second kappa shape index (κ2) is 5.85. The fraction of sp³-hybridized carbons (Fsp3) is 0.462. The van der Waals surface area contributed by atoms with E-state index in [2.05, 4.69) is 43.5 Å². The lowest BCUT2D eigenvalue weighted by Gasteiger charge is -2.16. The van der Waals surface area contributed by atoms with Crippen LogP contribution in [-0.2, 0) is 12.8 Å². The lowest BCUT2D eigenvalue weighted by molar-refractivity contribution is 1.08. The van der Waals surface area contributed by atoms with E-state index in [9.17, 15) is 0 Å². The van der Waals surface area contributed by atoms with Gasteiger partial charge in [0.1, 0.15) is 0 Å². The first-order valence-corrected chi connectivity index (χ1v) is 6.14. The molecule has 1 rings (SSSR count). The Bertz CT molecular complexity index is 361. The normalized spacial score (nSPS) is 10.0. The Balaban J connectivity index is 3.16. The fourth-order valence-electron chi connectivity index (χ4n) is 1.84. The smallest absolute Gasteiger partial charge is 0.170 e. The van der Waals surface area contributed by atoms with Crippen LogP contribution in [0.5, 0.6) is 0 Å². The summed E-state index contributed by atoms with van der Waals surface area (Å²) in [6.45, 7) is 6.47. The lowest BCUT2D eigenvalue weighted by Crippen LogP contribution is -2.25. The van der Waals surface area contributed by atoms with Crippen LogP contribution in [0, 0.1) is 6.92 Å². The molecule has 0 saturated carbocycles. The van der Waals surface area contributed by atoms with Crippen molar-refractivity contribution in [3.63, 3.8) is 0 Å². The Labute approximate surface area is 103 Å². The Morgan fingerprint density at radius 3 is 2.06 bits per heavy atom. The van der Waals surface area contributed by atoms with Gasteiger partial charge in [0.15, 0.2) is 5.11 Å². The summed E-state index contributed by atoms with van der Waals surface area (Å²) in [5.74, 6) is 0. The molecule has 0 atom stereocenters. The second-order valence-electron chi connectivity index (χ2n) is 3.87. The van der Waals surface area contributed by atoms with E-state index in [4.69, 9.17) is 12.2 Å². The Hall–Kier alpha value is -1.09. The largest absolute Gasteiger partial charge is 0.366 e. The van der Waals surface area contributed by atoms with Crippen LogP contribution in [0.15, 0.2) is 12.1 Å². The molecule has 0 unspecified atom stereocenters. The maximum Gasteiger partial charge on any atom is 0.170 e. The van der Waals surface area contributed by atoms with Gasteiger partial charge in [0.05, 0.1) is 0 Å². The van der Waals surface area contributed by atoms with Crippen molar-refractivity contribution in [3.05, 3.63) is 28.8 Å². The quantitative estimate of drug-likeness (QED) is 0.789. The Morgan fingerprint density at radius 1 is 1.19 bits per heavy atom. The van der Waals surface area contributed by atoms with Gasteiger partial charge in [0, 0.05) is 12.7 Å². The van der Waals surface area contributed by atoms with Gasteiger partial charge < -0.3 is 10.6 Å². The van der Waals surface area contributed by atoms with Crippen molar-refractivity contribution >= 4 is 23.0 Å². The first-order valence-electron chi connectivity index (χ1n) is 5.73. The van der Waals surface area contributed by atoms with Crippen molar-refractivity contribution in [1.82, 2.24) is 5.32 Å². The average molecular weight is 236 g/mol. The molecule has 0 radical (unpaired) electrons. The number of thiocarbonyl (C=S) groups is 1. The molecular weight excluding hydrogens is 216 g/mol. The summed E-state index contributed by atoms with van der Waals surface area (Å²) in [6.07, 6.45) is 2.03. The first-order chi connectivity index (χ1) is 7.62. The maximum atomic E-state index is 5.16. The summed E-state index contributed by atoms with van der Waals surface area (Å²) < 4.78 is 0. The highest BCUT2D eigenvalue weighted by Gasteiger charge is 2.08. The van der Waals surface area contributed by atoms with Gasteiger partial charge in [-0.1, -0.05) is 31.5 Å². The van der Waals surface area contributed by atoms with Gasteiger partial charge in [-0.3, -0.25) is 0 Å². The fourth-order valence-corrected chi connectivity index (χ4v) is 1.94. The molecule has 0 aliphatic heterocycles. The summed E-state index contributed by atoms with van der Waals surface area (Å²) in [5, 5.41) is 6.90. The van der Waals surface area contributed by atoms with E-state index in [-0.39, 0.29) is 0 Å². The topological polar surface area (TPSA) is 24.1 Å².